The van der Waals surface area contributed by atoms with Crippen molar-refractivity contribution in [1.82, 2.24) is 25.1 Å². The van der Waals surface area contributed by atoms with Crippen molar-refractivity contribution in [2.75, 3.05) is 33.3 Å². The number of carbonyl (C=O) groups excluding carboxylic acids is 3. The first-order valence-corrected chi connectivity index (χ1v) is 13.9. The van der Waals surface area contributed by atoms with Crippen LogP contribution in [0.5, 0.6) is 5.75 Å². The second-order valence-corrected chi connectivity index (χ2v) is 11.0. The summed E-state index contributed by atoms with van der Waals surface area (Å²) in [5, 5.41) is 12.9. The Bertz CT molecular complexity index is 1590. The summed E-state index contributed by atoms with van der Waals surface area (Å²) in [7, 11) is 2.02. The fourth-order valence-corrected chi connectivity index (χ4v) is 5.65. The molecule has 1 saturated heterocycles. The third-order valence-corrected chi connectivity index (χ3v) is 8.03. The maximum Gasteiger partial charge on any atom is 0.261 e. The van der Waals surface area contributed by atoms with Crippen LogP contribution in [0.2, 0.25) is 5.02 Å². The number of allylic oxidation sites excluding steroid dienone is 1. The van der Waals surface area contributed by atoms with Crippen LogP contribution in [-0.2, 0) is 4.79 Å². The van der Waals surface area contributed by atoms with Crippen LogP contribution < -0.4 is 10.1 Å². The van der Waals surface area contributed by atoms with Crippen molar-refractivity contribution >= 4 is 46.1 Å². The molecule has 1 aromatic heterocycles. The van der Waals surface area contributed by atoms with Crippen LogP contribution in [0.1, 0.15) is 45.3 Å². The molecule has 1 unspecified atom stereocenters. The van der Waals surface area contributed by atoms with E-state index in [1.54, 1.807) is 18.2 Å². The largest absolute Gasteiger partial charge is 0.488 e. The fraction of sp³-hybridized carbons (Fsp3) is 0.345. The van der Waals surface area contributed by atoms with Gasteiger partial charge in [0.2, 0.25) is 5.91 Å². The Kier molecular flexibility index (Phi) is 7.52. The highest BCUT2D eigenvalue weighted by atomic mass is 35.5. The first kappa shape index (κ1) is 28.0. The van der Waals surface area contributed by atoms with Crippen molar-refractivity contribution in [3.63, 3.8) is 0 Å². The molecular formula is C29H28ClFN6O5. The van der Waals surface area contributed by atoms with Crippen LogP contribution in [0.4, 0.5) is 4.39 Å². The Morgan fingerprint density at radius 1 is 1.19 bits per heavy atom. The van der Waals surface area contributed by atoms with Crippen molar-refractivity contribution in [3.8, 4) is 5.75 Å². The van der Waals surface area contributed by atoms with Crippen molar-refractivity contribution in [2.24, 2.45) is 4.99 Å². The van der Waals surface area contributed by atoms with E-state index < -0.39 is 23.7 Å². The third-order valence-electron chi connectivity index (χ3n) is 7.73. The standard InChI is InChI=1S/C29H28ClFN6O5/c1-36-9-6-15(7-10-36)37-28(40)17-11-21-22(12-18(17)29(37)41)35-26(34-21)24-20(5-8-32-27(24)39)33-13-16(38)14-42-23-4-2-3-19(30)25(23)31/h2-5,8,11-12,15-16,24,38H,6-7,9-10,13-14H2,1H3,(H,32,39)(H,34,35)/t16-,24?/m1/s1. The third kappa shape index (κ3) is 5.17. The molecule has 11 nitrogen and oxygen atoms in total. The van der Waals surface area contributed by atoms with Gasteiger partial charge < -0.3 is 25.0 Å². The van der Waals surface area contributed by atoms with Crippen LogP contribution in [-0.4, -0.2) is 93.7 Å². The highest BCUT2D eigenvalue weighted by molar-refractivity contribution is 6.30. The minimum Gasteiger partial charge on any atom is -0.488 e. The van der Waals surface area contributed by atoms with E-state index in [2.05, 4.69) is 25.2 Å². The normalized spacial score (nSPS) is 21.3. The maximum atomic E-state index is 14.1. The van der Waals surface area contributed by atoms with Crippen LogP contribution in [0, 0.1) is 5.82 Å². The van der Waals surface area contributed by atoms with Crippen molar-refractivity contribution < 1.29 is 28.6 Å². The van der Waals surface area contributed by atoms with Gasteiger partial charge in [-0.15, -0.1) is 0 Å². The summed E-state index contributed by atoms with van der Waals surface area (Å²) in [4.78, 5) is 55.1. The van der Waals surface area contributed by atoms with Crippen molar-refractivity contribution in [2.45, 2.75) is 30.9 Å². The van der Waals surface area contributed by atoms with E-state index in [-0.39, 0.29) is 47.6 Å². The van der Waals surface area contributed by atoms with Gasteiger partial charge in [-0.05, 0) is 63.3 Å². The smallest absolute Gasteiger partial charge is 0.261 e. The van der Waals surface area contributed by atoms with E-state index in [0.29, 0.717) is 27.9 Å². The lowest BCUT2D eigenvalue weighted by atomic mass is 9.99. The lowest BCUT2D eigenvalue weighted by Crippen LogP contribution is -2.46. The van der Waals surface area contributed by atoms with Gasteiger partial charge in [-0.3, -0.25) is 24.3 Å². The van der Waals surface area contributed by atoms with Gasteiger partial charge in [0.05, 0.1) is 39.4 Å². The predicted molar refractivity (Wildman–Crippen MR) is 152 cm³/mol. The zero-order chi connectivity index (χ0) is 29.5. The van der Waals surface area contributed by atoms with Crippen LogP contribution in [0.25, 0.3) is 11.0 Å². The number of fused-ring (bicyclic) bond motifs is 2. The number of carbonyl (C=O) groups is 3. The van der Waals surface area contributed by atoms with E-state index in [1.807, 2.05) is 7.05 Å². The lowest BCUT2D eigenvalue weighted by molar-refractivity contribution is -0.120. The van der Waals surface area contributed by atoms with Gasteiger partial charge >= 0.3 is 0 Å². The van der Waals surface area contributed by atoms with E-state index in [1.165, 1.54) is 29.3 Å². The molecule has 42 heavy (non-hydrogen) atoms. The first-order chi connectivity index (χ1) is 20.2. The van der Waals surface area contributed by atoms with Gasteiger partial charge in [0.25, 0.3) is 11.8 Å². The summed E-state index contributed by atoms with van der Waals surface area (Å²) in [6.45, 7) is 1.25. The molecule has 0 spiro atoms. The number of aromatic amines is 1. The summed E-state index contributed by atoms with van der Waals surface area (Å²) < 4.78 is 19.4. The number of aromatic nitrogens is 2. The molecule has 4 heterocycles. The Hall–Kier alpha value is -4.13. The zero-order valence-corrected chi connectivity index (χ0v) is 23.4. The van der Waals surface area contributed by atoms with Crippen molar-refractivity contribution in [3.05, 3.63) is 70.4 Å². The fourth-order valence-electron chi connectivity index (χ4n) is 5.48. The molecule has 6 rings (SSSR count). The summed E-state index contributed by atoms with van der Waals surface area (Å²) in [6.07, 6.45) is 3.39. The molecule has 2 atom stereocenters. The Morgan fingerprint density at radius 2 is 1.93 bits per heavy atom. The molecule has 0 radical (unpaired) electrons. The van der Waals surface area contributed by atoms with Crippen LogP contribution >= 0.6 is 11.6 Å². The number of likely N-dealkylation sites (tertiary alicyclic amines) is 1. The number of benzene rings is 2. The Labute approximate surface area is 245 Å². The number of hydrogen-bond donors (Lipinski definition) is 3. The number of aliphatic imine (C=N–C) groups is 1. The number of piperidine rings is 1. The number of amides is 3. The van der Waals surface area contributed by atoms with E-state index in [9.17, 15) is 23.9 Å². The molecule has 0 saturated carbocycles. The molecular weight excluding hydrogens is 567 g/mol. The number of ether oxygens (including phenoxy) is 1. The summed E-state index contributed by atoms with van der Waals surface area (Å²) in [6, 6.07) is 7.37. The molecule has 218 valence electrons. The van der Waals surface area contributed by atoms with E-state index in [0.717, 1.165) is 25.9 Å². The molecule has 0 aliphatic carbocycles. The number of aliphatic hydroxyl groups is 1. The van der Waals surface area contributed by atoms with Gasteiger partial charge in [-0.2, -0.15) is 0 Å². The number of imide groups is 1. The molecule has 3 amide bonds. The molecule has 1 fully saturated rings. The quantitative estimate of drug-likeness (QED) is 0.357. The number of nitrogens with zero attached hydrogens (tertiary/aromatic N) is 4. The number of hydrogen-bond acceptors (Lipinski definition) is 8. The second kappa shape index (κ2) is 11.3. The number of aliphatic hydroxyl groups excluding tert-OH is 1. The summed E-state index contributed by atoms with van der Waals surface area (Å²) in [5.41, 5.74) is 1.88. The number of nitrogens with one attached hydrogen (secondary N) is 2. The lowest BCUT2D eigenvalue weighted by Gasteiger charge is -2.33. The van der Waals surface area contributed by atoms with Gasteiger partial charge in [0.1, 0.15) is 24.5 Å². The van der Waals surface area contributed by atoms with E-state index in [4.69, 9.17) is 16.3 Å². The van der Waals surface area contributed by atoms with Crippen LogP contribution in [0.3, 0.4) is 0 Å². The summed E-state index contributed by atoms with van der Waals surface area (Å²) >= 11 is 5.76. The van der Waals surface area contributed by atoms with Crippen molar-refractivity contribution in [1.29, 1.82) is 0 Å². The molecule has 13 heteroatoms. The summed E-state index contributed by atoms with van der Waals surface area (Å²) in [5.74, 6) is -2.52. The molecule has 2 aromatic carbocycles. The monoisotopic (exact) mass is 594 g/mol. The average Bonchev–Trinajstić information content (AvgIpc) is 3.49. The minimum absolute atomic E-state index is 0.0929. The van der Waals surface area contributed by atoms with Gasteiger partial charge in [-0.1, -0.05) is 17.7 Å². The maximum absolute atomic E-state index is 14.1. The molecule has 3 aliphatic heterocycles. The minimum atomic E-state index is -1.10. The first-order valence-electron chi connectivity index (χ1n) is 13.6. The molecule has 3 N–H and O–H groups in total. The number of halogens is 2. The number of rotatable bonds is 7. The predicted octanol–water partition coefficient (Wildman–Crippen LogP) is 2.65. The van der Waals surface area contributed by atoms with Crippen LogP contribution in [0.15, 0.2) is 47.6 Å². The zero-order valence-electron chi connectivity index (χ0n) is 22.6. The number of imidazole rings is 1. The molecule has 0 bridgehead atoms. The van der Waals surface area contributed by atoms with Gasteiger partial charge in [-0.25, -0.2) is 9.37 Å². The highest BCUT2D eigenvalue weighted by Crippen LogP contribution is 2.32. The molecule has 3 aliphatic rings. The second-order valence-electron chi connectivity index (χ2n) is 10.6. The van der Waals surface area contributed by atoms with Gasteiger partial charge in [0.15, 0.2) is 11.6 Å². The Morgan fingerprint density at radius 3 is 2.69 bits per heavy atom. The molecule has 3 aromatic rings. The topological polar surface area (TPSA) is 140 Å². The Balaban J connectivity index is 1.20. The highest BCUT2D eigenvalue weighted by Gasteiger charge is 2.41. The number of H-pyrrole nitrogens is 1. The average molecular weight is 595 g/mol. The SMILES string of the molecule is CN1CCC(N2C(=O)c3cc4nc(C5C(=O)NC=CC5=NC[C@@H](O)COc5cccc(Cl)c5F)[nH]c4cc3C2=O)CC1. The van der Waals surface area contributed by atoms with Gasteiger partial charge in [0, 0.05) is 12.2 Å². The van der Waals surface area contributed by atoms with E-state index >= 15 is 0 Å².